The lowest BCUT2D eigenvalue weighted by Gasteiger charge is -2.24. The molecule has 10 nitrogen and oxygen atoms in total. The molecule has 1 fully saturated rings. The number of aromatic nitrogens is 4. The van der Waals surface area contributed by atoms with Crippen LogP contribution >= 0.6 is 11.6 Å². The van der Waals surface area contributed by atoms with Gasteiger partial charge in [0.05, 0.1) is 22.9 Å². The van der Waals surface area contributed by atoms with E-state index >= 15 is 0 Å². The molecule has 3 N–H and O–H groups in total. The average Bonchev–Trinajstić information content (AvgIpc) is 3.59. The van der Waals surface area contributed by atoms with Gasteiger partial charge in [-0.05, 0) is 43.0 Å². The predicted molar refractivity (Wildman–Crippen MR) is 144 cm³/mol. The second-order valence-electron chi connectivity index (χ2n) is 9.25. The molecule has 41 heavy (non-hydrogen) atoms. The van der Waals surface area contributed by atoms with E-state index in [9.17, 15) is 23.2 Å². The van der Waals surface area contributed by atoms with E-state index in [0.29, 0.717) is 35.9 Å². The van der Waals surface area contributed by atoms with Gasteiger partial charge in [0, 0.05) is 29.6 Å². The number of nitrogens with one attached hydrogen (secondary N) is 1. The molecular weight excluding hydrogens is 556 g/mol. The van der Waals surface area contributed by atoms with Gasteiger partial charge in [-0.1, -0.05) is 29.7 Å². The number of benzene rings is 2. The van der Waals surface area contributed by atoms with Crippen LogP contribution in [0.3, 0.4) is 0 Å². The van der Waals surface area contributed by atoms with Crippen LogP contribution in [-0.2, 0) is 22.7 Å². The highest BCUT2D eigenvalue weighted by Gasteiger charge is 2.34. The SMILES string of the molecule is NC(=O)c1nn(CC(=O)N2CCC[C@H]2C(=O)NCc2cccc(Cl)c2F)c2ccc(C#Cc3ncc(F)cn3)cc12. The smallest absolute Gasteiger partial charge is 0.269 e. The number of likely N-dealkylation sites (tertiary alicyclic amines) is 1. The van der Waals surface area contributed by atoms with Gasteiger partial charge in [0.2, 0.25) is 17.6 Å². The van der Waals surface area contributed by atoms with Gasteiger partial charge in [0.15, 0.2) is 11.5 Å². The number of carbonyl (C=O) groups is 3. The molecule has 2 aromatic carbocycles. The molecule has 2 aromatic heterocycles. The zero-order valence-corrected chi connectivity index (χ0v) is 22.2. The van der Waals surface area contributed by atoms with E-state index in [1.165, 1.54) is 21.7 Å². The Bertz CT molecular complexity index is 1730. The van der Waals surface area contributed by atoms with Crippen LogP contribution in [0.2, 0.25) is 5.02 Å². The van der Waals surface area contributed by atoms with Crippen LogP contribution in [0.25, 0.3) is 10.9 Å². The fourth-order valence-electron chi connectivity index (χ4n) is 4.61. The zero-order chi connectivity index (χ0) is 29.1. The van der Waals surface area contributed by atoms with E-state index in [-0.39, 0.29) is 41.1 Å². The van der Waals surface area contributed by atoms with Gasteiger partial charge in [-0.25, -0.2) is 18.7 Å². The van der Waals surface area contributed by atoms with Crippen molar-refractivity contribution in [1.82, 2.24) is 30.0 Å². The molecule has 5 rings (SSSR count). The third-order valence-corrected chi connectivity index (χ3v) is 6.86. The van der Waals surface area contributed by atoms with Crippen LogP contribution in [0.1, 0.15) is 40.3 Å². The van der Waals surface area contributed by atoms with Crippen LogP contribution in [0.5, 0.6) is 0 Å². The third-order valence-electron chi connectivity index (χ3n) is 6.57. The maximum atomic E-state index is 14.2. The number of halogens is 3. The summed E-state index contributed by atoms with van der Waals surface area (Å²) in [4.78, 5) is 47.4. The van der Waals surface area contributed by atoms with Gasteiger partial charge >= 0.3 is 0 Å². The average molecular weight is 578 g/mol. The van der Waals surface area contributed by atoms with Crippen LogP contribution in [-0.4, -0.2) is 55.0 Å². The minimum atomic E-state index is -0.792. The molecule has 4 aromatic rings. The number of nitrogens with zero attached hydrogens (tertiary/aromatic N) is 5. The van der Waals surface area contributed by atoms with E-state index in [4.69, 9.17) is 17.3 Å². The number of hydrogen-bond donors (Lipinski definition) is 2. The van der Waals surface area contributed by atoms with Crippen molar-refractivity contribution < 1.29 is 23.2 Å². The first kappa shape index (κ1) is 27.7. The predicted octanol–water partition coefficient (Wildman–Crippen LogP) is 2.56. The fraction of sp³-hybridized carbons (Fsp3) is 0.214. The number of primary amides is 1. The highest BCUT2D eigenvalue weighted by atomic mass is 35.5. The van der Waals surface area contributed by atoms with Crippen molar-refractivity contribution in [2.24, 2.45) is 5.73 Å². The second-order valence-corrected chi connectivity index (χ2v) is 9.66. The summed E-state index contributed by atoms with van der Waals surface area (Å²) in [6, 6.07) is 8.69. The second kappa shape index (κ2) is 11.7. The number of hydrogen-bond acceptors (Lipinski definition) is 6. The third kappa shape index (κ3) is 6.00. The Kier molecular flexibility index (Phi) is 7.89. The van der Waals surface area contributed by atoms with Crippen LogP contribution < -0.4 is 11.1 Å². The van der Waals surface area contributed by atoms with Gasteiger partial charge in [-0.2, -0.15) is 5.10 Å². The molecule has 0 aliphatic carbocycles. The maximum Gasteiger partial charge on any atom is 0.269 e. The summed E-state index contributed by atoms with van der Waals surface area (Å²) >= 11 is 5.81. The van der Waals surface area contributed by atoms with Crippen molar-refractivity contribution in [2.75, 3.05) is 6.54 Å². The minimum absolute atomic E-state index is 0.0442. The quantitative estimate of drug-likeness (QED) is 0.338. The molecule has 3 amide bonds. The highest BCUT2D eigenvalue weighted by Crippen LogP contribution is 2.23. The molecule has 1 aliphatic rings. The Morgan fingerprint density at radius 2 is 1.90 bits per heavy atom. The van der Waals surface area contributed by atoms with Crippen molar-refractivity contribution in [3.05, 3.63) is 88.1 Å². The van der Waals surface area contributed by atoms with Crippen molar-refractivity contribution in [3.63, 3.8) is 0 Å². The first-order valence-electron chi connectivity index (χ1n) is 12.5. The monoisotopic (exact) mass is 577 g/mol. The lowest BCUT2D eigenvalue weighted by molar-refractivity contribution is -0.139. The zero-order valence-electron chi connectivity index (χ0n) is 21.4. The summed E-state index contributed by atoms with van der Waals surface area (Å²) in [5.74, 6) is 2.90. The van der Waals surface area contributed by atoms with E-state index in [1.807, 2.05) is 0 Å². The largest absolute Gasteiger partial charge is 0.364 e. The van der Waals surface area contributed by atoms with Crippen molar-refractivity contribution >= 4 is 40.2 Å². The van der Waals surface area contributed by atoms with E-state index < -0.39 is 29.5 Å². The van der Waals surface area contributed by atoms with E-state index in [1.54, 1.807) is 24.3 Å². The summed E-state index contributed by atoms with van der Waals surface area (Å²) in [5.41, 5.74) is 6.69. The molecule has 3 heterocycles. The molecule has 13 heteroatoms. The lowest BCUT2D eigenvalue weighted by Crippen LogP contribution is -2.46. The first-order chi connectivity index (χ1) is 19.7. The van der Waals surface area contributed by atoms with Gasteiger partial charge < -0.3 is 16.0 Å². The Morgan fingerprint density at radius 1 is 1.12 bits per heavy atom. The molecular formula is C28H22ClF2N7O3. The highest BCUT2D eigenvalue weighted by molar-refractivity contribution is 6.30. The summed E-state index contributed by atoms with van der Waals surface area (Å²) in [6.45, 7) is 0.0362. The summed E-state index contributed by atoms with van der Waals surface area (Å²) < 4.78 is 28.6. The summed E-state index contributed by atoms with van der Waals surface area (Å²) in [7, 11) is 0. The van der Waals surface area contributed by atoms with Gasteiger partial charge in [0.25, 0.3) is 5.91 Å². The maximum absolute atomic E-state index is 14.2. The van der Waals surface area contributed by atoms with Crippen LogP contribution in [0.15, 0.2) is 48.8 Å². The molecule has 0 radical (unpaired) electrons. The Hall–Kier alpha value is -4.89. The fourth-order valence-corrected chi connectivity index (χ4v) is 4.80. The normalized spacial score (nSPS) is 14.5. The van der Waals surface area contributed by atoms with Crippen LogP contribution in [0.4, 0.5) is 8.78 Å². The number of nitrogens with two attached hydrogens (primary N) is 1. The van der Waals surface area contributed by atoms with Gasteiger partial charge in [-0.15, -0.1) is 0 Å². The minimum Gasteiger partial charge on any atom is -0.364 e. The standard InChI is InChI=1S/C28H22ClF2N7O3/c29-20-4-1-3-17(25(20)31)12-35-28(41)22-5-2-10-37(22)24(39)15-38-21-8-6-16(11-19(21)26(36-38)27(32)40)7-9-23-33-13-18(30)14-34-23/h1,3-4,6,8,11,13-14,22H,2,5,10,12,15H2,(H2,32,40)(H,35,41)/t22-/m0/s1. The van der Waals surface area contributed by atoms with Gasteiger partial charge in [-0.3, -0.25) is 19.1 Å². The molecule has 0 unspecified atom stereocenters. The van der Waals surface area contributed by atoms with E-state index in [2.05, 4.69) is 32.2 Å². The molecule has 1 atom stereocenters. The topological polar surface area (TPSA) is 136 Å². The Morgan fingerprint density at radius 3 is 2.66 bits per heavy atom. The molecule has 1 aliphatic heterocycles. The lowest BCUT2D eigenvalue weighted by atomic mass is 10.1. The summed E-state index contributed by atoms with van der Waals surface area (Å²) in [5, 5.41) is 7.28. The van der Waals surface area contributed by atoms with E-state index in [0.717, 1.165) is 12.4 Å². The van der Waals surface area contributed by atoms with Crippen LogP contribution in [0, 0.1) is 23.5 Å². The van der Waals surface area contributed by atoms with Crippen molar-refractivity contribution in [2.45, 2.75) is 32.0 Å². The van der Waals surface area contributed by atoms with Crippen molar-refractivity contribution in [1.29, 1.82) is 0 Å². The summed E-state index contributed by atoms with van der Waals surface area (Å²) in [6.07, 6.45) is 3.06. The number of carbonyl (C=O) groups excluding carboxylic acids is 3. The molecule has 0 spiro atoms. The number of rotatable bonds is 6. The van der Waals surface area contributed by atoms with Gasteiger partial charge in [0.1, 0.15) is 18.4 Å². The Labute approximate surface area is 237 Å². The molecule has 0 bridgehead atoms. The Balaban J connectivity index is 1.33. The number of amides is 3. The molecule has 0 saturated carbocycles. The molecule has 1 saturated heterocycles. The van der Waals surface area contributed by atoms with Crippen molar-refractivity contribution in [3.8, 4) is 11.8 Å². The first-order valence-corrected chi connectivity index (χ1v) is 12.9. The molecule has 208 valence electrons. The number of fused-ring (bicyclic) bond motifs is 1.